The molecule has 0 unspecified atom stereocenters. The number of hydrogen-bond acceptors (Lipinski definition) is 6. The first-order valence-electron chi connectivity index (χ1n) is 13.8. The first kappa shape index (κ1) is 28.2. The van der Waals surface area contributed by atoms with Gasteiger partial charge in [0.2, 0.25) is 0 Å². The summed E-state index contributed by atoms with van der Waals surface area (Å²) >= 11 is 0. The van der Waals surface area contributed by atoms with E-state index in [4.69, 9.17) is 5.11 Å². The lowest BCUT2D eigenvalue weighted by molar-refractivity contribution is -0.159. The second-order valence-electron chi connectivity index (χ2n) is 13.3. The molecule has 0 radical (unpaired) electrons. The molecule has 4 N–H and O–H groups in total. The third-order valence-electron chi connectivity index (χ3n) is 11.7. The molecule has 0 heterocycles. The van der Waals surface area contributed by atoms with Gasteiger partial charge in [0.05, 0.1) is 18.1 Å². The molecule has 0 amide bonds. The molecule has 0 bridgehead atoms. The van der Waals surface area contributed by atoms with Crippen LogP contribution in [0, 0.1) is 39.4 Å². The van der Waals surface area contributed by atoms with E-state index in [0.29, 0.717) is 30.4 Å². The first-order valence-corrected chi connectivity index (χ1v) is 13.8. The average molecular weight is 517 g/mol. The number of carboxylic acid groups (broad SMARTS) is 1. The quantitative estimate of drug-likeness (QED) is 0.394. The van der Waals surface area contributed by atoms with Gasteiger partial charge in [-0.05, 0) is 68.8 Å². The van der Waals surface area contributed by atoms with Crippen molar-refractivity contribution in [1.82, 2.24) is 0 Å². The molecule has 2 fully saturated rings. The fourth-order valence-electron chi connectivity index (χ4n) is 9.11. The molecule has 206 valence electrons. The minimum absolute atomic E-state index is 0.0254. The summed E-state index contributed by atoms with van der Waals surface area (Å²) < 4.78 is 0. The van der Waals surface area contributed by atoms with Crippen molar-refractivity contribution in [2.24, 2.45) is 39.4 Å². The zero-order valence-corrected chi connectivity index (χ0v) is 23.1. The van der Waals surface area contributed by atoms with Crippen molar-refractivity contribution in [3.8, 4) is 0 Å². The maximum Gasteiger partial charge on any atom is 0.330 e. The lowest BCUT2D eigenvalue weighted by atomic mass is 9.42. The minimum Gasteiger partial charge on any atom is -0.478 e. The van der Waals surface area contributed by atoms with Gasteiger partial charge < -0.3 is 20.4 Å². The van der Waals surface area contributed by atoms with E-state index < -0.39 is 39.8 Å². The van der Waals surface area contributed by atoms with Crippen LogP contribution in [0.4, 0.5) is 0 Å². The van der Waals surface area contributed by atoms with Gasteiger partial charge in [0.15, 0.2) is 5.78 Å². The van der Waals surface area contributed by atoms with E-state index in [2.05, 4.69) is 13.8 Å². The molecular formula is C30H44O7. The van der Waals surface area contributed by atoms with E-state index in [-0.39, 0.29) is 42.3 Å². The lowest BCUT2D eigenvalue weighted by Gasteiger charge is -2.62. The van der Waals surface area contributed by atoms with Gasteiger partial charge in [-0.2, -0.15) is 0 Å². The Morgan fingerprint density at radius 1 is 1.14 bits per heavy atom. The van der Waals surface area contributed by atoms with Crippen LogP contribution in [0.3, 0.4) is 0 Å². The number of aliphatic carboxylic acids is 1. The van der Waals surface area contributed by atoms with Gasteiger partial charge in [-0.15, -0.1) is 0 Å². The highest BCUT2D eigenvalue weighted by Gasteiger charge is 2.70. The van der Waals surface area contributed by atoms with E-state index in [1.807, 2.05) is 13.8 Å². The fraction of sp³-hybridized carbons (Fsp3) is 0.767. The van der Waals surface area contributed by atoms with Crippen LogP contribution in [-0.2, 0) is 14.4 Å². The largest absolute Gasteiger partial charge is 0.478 e. The highest BCUT2D eigenvalue weighted by molar-refractivity contribution is 6.04. The van der Waals surface area contributed by atoms with Gasteiger partial charge in [-0.1, -0.05) is 40.7 Å². The Labute approximate surface area is 220 Å². The van der Waals surface area contributed by atoms with E-state index in [9.17, 15) is 29.7 Å². The van der Waals surface area contributed by atoms with Crippen LogP contribution in [0.5, 0.6) is 0 Å². The van der Waals surface area contributed by atoms with Crippen molar-refractivity contribution >= 4 is 17.5 Å². The first-order chi connectivity index (χ1) is 17.1. The maximum absolute atomic E-state index is 14.1. The number of allylic oxidation sites excluding steroid dienone is 1. The summed E-state index contributed by atoms with van der Waals surface area (Å²) in [5.74, 6) is -1.52. The SMILES string of the molecule is C/C(=C\CC[C@@H](C)[C@H]1CC[C@@]2(C)C3=C(C(=O)[C@H](O)[C@]12C)[C@@]1(C)CCC(=O)[C@@](C)(CO)[C@@H]1C[C@@H]3O)C(=O)O. The number of aliphatic hydroxyl groups is 3. The fourth-order valence-corrected chi connectivity index (χ4v) is 9.11. The van der Waals surface area contributed by atoms with Crippen LogP contribution in [0.1, 0.15) is 86.5 Å². The third-order valence-corrected chi connectivity index (χ3v) is 11.7. The molecule has 0 aromatic carbocycles. The molecule has 0 saturated heterocycles. The number of carboxylic acids is 1. The second-order valence-corrected chi connectivity index (χ2v) is 13.3. The number of fused-ring (bicyclic) bond motifs is 4. The van der Waals surface area contributed by atoms with Crippen molar-refractivity contribution < 1.29 is 34.8 Å². The molecule has 4 aliphatic carbocycles. The zero-order valence-electron chi connectivity index (χ0n) is 23.1. The number of Topliss-reactive ketones (excluding diaryl/α,β-unsaturated/α-hetero) is 2. The number of ketones is 2. The summed E-state index contributed by atoms with van der Waals surface area (Å²) in [5.41, 5.74) is -1.54. The van der Waals surface area contributed by atoms with Gasteiger partial charge >= 0.3 is 5.97 Å². The van der Waals surface area contributed by atoms with Gasteiger partial charge in [0, 0.05) is 33.8 Å². The minimum atomic E-state index is -1.23. The van der Waals surface area contributed by atoms with Crippen molar-refractivity contribution in [1.29, 1.82) is 0 Å². The maximum atomic E-state index is 14.1. The molecule has 0 aliphatic heterocycles. The molecule has 7 heteroatoms. The molecule has 0 aromatic rings. The summed E-state index contributed by atoms with van der Waals surface area (Å²) in [4.78, 5) is 38.2. The number of carbonyl (C=O) groups is 3. The lowest BCUT2D eigenvalue weighted by Crippen LogP contribution is -2.64. The summed E-state index contributed by atoms with van der Waals surface area (Å²) in [6.45, 7) is 11.2. The second kappa shape index (κ2) is 9.13. The smallest absolute Gasteiger partial charge is 0.330 e. The number of rotatable bonds is 6. The van der Waals surface area contributed by atoms with E-state index in [0.717, 1.165) is 24.8 Å². The Morgan fingerprint density at radius 3 is 2.38 bits per heavy atom. The van der Waals surface area contributed by atoms with Crippen molar-refractivity contribution in [2.75, 3.05) is 6.61 Å². The van der Waals surface area contributed by atoms with Gasteiger partial charge in [-0.25, -0.2) is 4.79 Å². The molecule has 9 atom stereocenters. The van der Waals surface area contributed by atoms with E-state index in [1.165, 1.54) is 0 Å². The van der Waals surface area contributed by atoms with Crippen molar-refractivity contribution in [2.45, 2.75) is 98.7 Å². The number of hydrogen-bond donors (Lipinski definition) is 4. The summed E-state index contributed by atoms with van der Waals surface area (Å²) in [6, 6.07) is 0. The van der Waals surface area contributed by atoms with Crippen LogP contribution in [0.2, 0.25) is 0 Å². The number of aliphatic hydroxyl groups excluding tert-OH is 3. The molecule has 4 rings (SSSR count). The van der Waals surface area contributed by atoms with Crippen molar-refractivity contribution in [3.05, 3.63) is 22.8 Å². The van der Waals surface area contributed by atoms with Crippen LogP contribution in [-0.4, -0.2) is 56.8 Å². The van der Waals surface area contributed by atoms with Crippen LogP contribution >= 0.6 is 0 Å². The normalized spacial score (nSPS) is 44.8. The summed E-state index contributed by atoms with van der Waals surface area (Å²) in [5, 5.41) is 42.8. The topological polar surface area (TPSA) is 132 Å². The van der Waals surface area contributed by atoms with E-state index in [1.54, 1.807) is 19.9 Å². The van der Waals surface area contributed by atoms with Gasteiger partial charge in [-0.3, -0.25) is 9.59 Å². The van der Waals surface area contributed by atoms with Gasteiger partial charge in [0.1, 0.15) is 11.9 Å². The average Bonchev–Trinajstić information content (AvgIpc) is 3.13. The standard InChI is InChI=1S/C30H44O7/c1-16(8-7-9-17(2)26(36)37)18-10-13-29(5)22-19(32)14-20-27(3,12-11-21(33)28(20,4)15-31)23(22)24(34)25(35)30(18,29)6/h9,16,18-20,25,31-32,35H,7-8,10-15H2,1-6H3,(H,36,37)/b17-9+/t16-,18-,19+,20-,25+,27+,28+,29+,30+/m1/s1. The molecule has 2 saturated carbocycles. The van der Waals surface area contributed by atoms with Gasteiger partial charge in [0.25, 0.3) is 0 Å². The Morgan fingerprint density at radius 2 is 1.78 bits per heavy atom. The number of carbonyl (C=O) groups excluding carboxylic acids is 2. The molecule has 4 aliphatic rings. The Hall–Kier alpha value is -1.83. The Kier molecular flexibility index (Phi) is 6.95. The highest BCUT2D eigenvalue weighted by Crippen LogP contribution is 2.71. The predicted molar refractivity (Wildman–Crippen MR) is 138 cm³/mol. The molecule has 37 heavy (non-hydrogen) atoms. The summed E-state index contributed by atoms with van der Waals surface area (Å²) in [7, 11) is 0. The zero-order chi connectivity index (χ0) is 27.7. The Balaban J connectivity index is 1.77. The van der Waals surface area contributed by atoms with Crippen LogP contribution < -0.4 is 0 Å². The van der Waals surface area contributed by atoms with Crippen molar-refractivity contribution in [3.63, 3.8) is 0 Å². The third kappa shape index (κ3) is 3.67. The molecule has 7 nitrogen and oxygen atoms in total. The summed E-state index contributed by atoms with van der Waals surface area (Å²) in [6.07, 6.45) is 3.51. The van der Waals surface area contributed by atoms with Crippen LogP contribution in [0.25, 0.3) is 0 Å². The molecular weight excluding hydrogens is 472 g/mol. The predicted octanol–water partition coefficient (Wildman–Crippen LogP) is 3.85. The monoisotopic (exact) mass is 516 g/mol. The Bertz CT molecular complexity index is 1070. The van der Waals surface area contributed by atoms with Crippen LogP contribution in [0.15, 0.2) is 22.8 Å². The van der Waals surface area contributed by atoms with E-state index >= 15 is 0 Å². The molecule has 0 aromatic heterocycles. The molecule has 0 spiro atoms. The highest BCUT2D eigenvalue weighted by atomic mass is 16.4.